The topological polar surface area (TPSA) is 144 Å². The summed E-state index contributed by atoms with van der Waals surface area (Å²) in [5.74, 6) is -2.53. The van der Waals surface area contributed by atoms with E-state index in [1.807, 2.05) is 0 Å². The van der Waals surface area contributed by atoms with Crippen LogP contribution in [0.5, 0.6) is 0 Å². The van der Waals surface area contributed by atoms with Crippen molar-refractivity contribution in [2.45, 2.75) is 25.8 Å². The van der Waals surface area contributed by atoms with Crippen molar-refractivity contribution in [3.05, 3.63) is 0 Å². The third kappa shape index (κ3) is 16.8. The average Bonchev–Trinajstić information content (AvgIpc) is 1.98. The maximum Gasteiger partial charge on any atom is 0.320 e. The summed E-state index contributed by atoms with van der Waals surface area (Å²) in [5.41, 5.74) is 9.47. The fraction of sp³-hybridized carbons (Fsp3) is 0.571. The molecule has 1 atom stereocenters. The smallest absolute Gasteiger partial charge is 0.320 e. The van der Waals surface area contributed by atoms with Crippen molar-refractivity contribution in [2.75, 3.05) is 0 Å². The normalized spacial score (nSPS) is 10.7. The summed E-state index contributed by atoms with van der Waals surface area (Å²) in [6.07, 6.45) is -0.224. The van der Waals surface area contributed by atoms with E-state index in [1.54, 1.807) is 0 Å². The number of carboxylic acid groups (broad SMARTS) is 2. The van der Waals surface area contributed by atoms with Crippen molar-refractivity contribution in [1.82, 2.24) is 0 Å². The number of carboxylic acids is 2. The molecular weight excluding hydrogens is 192 g/mol. The molecule has 0 aliphatic heterocycles. The molecule has 0 aromatic rings. The minimum Gasteiger partial charge on any atom is -0.481 e. The molecule has 82 valence electrons. The summed E-state index contributed by atoms with van der Waals surface area (Å²) < 4.78 is 0. The lowest BCUT2D eigenvalue weighted by molar-refractivity contribution is -0.139. The fourth-order valence-corrected chi connectivity index (χ4v) is 0.402. The molecule has 0 radical (unpaired) electrons. The number of hydrogen-bond donors (Lipinski definition) is 4. The lowest BCUT2D eigenvalue weighted by Gasteiger charge is -2.01. The first-order valence-corrected chi connectivity index (χ1v) is 3.73. The predicted octanol–water partition coefficient (Wildman–Crippen LogP) is -1.25. The van der Waals surface area contributed by atoms with Crippen LogP contribution in [0.1, 0.15) is 19.8 Å². The minimum atomic E-state index is -1.17. The number of nitrogens with two attached hydrogens (primary N) is 2. The van der Waals surface area contributed by atoms with Gasteiger partial charge in [-0.3, -0.25) is 14.4 Å². The Bertz CT molecular complexity index is 212. The third-order valence-corrected chi connectivity index (χ3v) is 0.986. The molecule has 0 heterocycles. The van der Waals surface area contributed by atoms with Gasteiger partial charge < -0.3 is 21.7 Å². The quantitative estimate of drug-likeness (QED) is 0.452. The molecular formula is C7H14N2O5. The largest absolute Gasteiger partial charge is 0.481 e. The van der Waals surface area contributed by atoms with E-state index in [2.05, 4.69) is 5.73 Å². The molecule has 0 saturated carbocycles. The Hall–Kier alpha value is -1.63. The van der Waals surface area contributed by atoms with Crippen LogP contribution in [0.25, 0.3) is 0 Å². The zero-order chi connectivity index (χ0) is 11.7. The Morgan fingerprint density at radius 3 is 1.86 bits per heavy atom. The van der Waals surface area contributed by atoms with Crippen molar-refractivity contribution in [1.29, 1.82) is 0 Å². The first kappa shape index (κ1) is 14.9. The Morgan fingerprint density at radius 1 is 1.29 bits per heavy atom. The number of hydrogen-bond acceptors (Lipinski definition) is 4. The lowest BCUT2D eigenvalue weighted by atomic mass is 10.2. The van der Waals surface area contributed by atoms with Crippen molar-refractivity contribution >= 4 is 17.8 Å². The molecule has 0 aliphatic rings. The van der Waals surface area contributed by atoms with Crippen molar-refractivity contribution in [3.63, 3.8) is 0 Å². The van der Waals surface area contributed by atoms with E-state index >= 15 is 0 Å². The Morgan fingerprint density at radius 2 is 1.64 bits per heavy atom. The summed E-state index contributed by atoms with van der Waals surface area (Å²) in [4.78, 5) is 29.1. The third-order valence-electron chi connectivity index (χ3n) is 0.986. The highest BCUT2D eigenvalue weighted by Gasteiger charge is 2.12. The molecule has 0 bridgehead atoms. The Balaban J connectivity index is 0. The maximum atomic E-state index is 9.99. The molecule has 0 spiro atoms. The summed E-state index contributed by atoms with van der Waals surface area (Å²) in [5, 5.41) is 16.3. The molecule has 0 rings (SSSR count). The summed E-state index contributed by atoms with van der Waals surface area (Å²) in [7, 11) is 0. The van der Waals surface area contributed by atoms with E-state index in [1.165, 1.54) is 6.92 Å². The first-order valence-electron chi connectivity index (χ1n) is 3.73. The number of rotatable bonds is 4. The van der Waals surface area contributed by atoms with Gasteiger partial charge in [-0.15, -0.1) is 0 Å². The van der Waals surface area contributed by atoms with Crippen LogP contribution in [0.2, 0.25) is 0 Å². The monoisotopic (exact) mass is 206 g/mol. The Labute approximate surface area is 80.7 Å². The number of amides is 1. The minimum absolute atomic E-state index is 0.0231. The van der Waals surface area contributed by atoms with Crippen LogP contribution in [0.15, 0.2) is 0 Å². The zero-order valence-electron chi connectivity index (χ0n) is 7.77. The van der Waals surface area contributed by atoms with Gasteiger partial charge >= 0.3 is 11.9 Å². The summed E-state index contributed by atoms with van der Waals surface area (Å²) in [6, 6.07) is -1.06. The highest BCUT2D eigenvalue weighted by Crippen LogP contribution is 1.93. The van der Waals surface area contributed by atoms with Crippen molar-refractivity contribution < 1.29 is 24.6 Å². The van der Waals surface area contributed by atoms with Crippen LogP contribution in [0.4, 0.5) is 0 Å². The molecule has 14 heavy (non-hydrogen) atoms. The van der Waals surface area contributed by atoms with E-state index < -0.39 is 18.0 Å². The molecule has 0 aliphatic carbocycles. The molecule has 0 aromatic carbocycles. The average molecular weight is 206 g/mol. The first-order chi connectivity index (χ1) is 6.27. The molecule has 0 fully saturated rings. The van der Waals surface area contributed by atoms with Crippen LogP contribution < -0.4 is 11.5 Å². The van der Waals surface area contributed by atoms with Crippen molar-refractivity contribution in [2.24, 2.45) is 11.5 Å². The Kier molecular flexibility index (Phi) is 8.49. The van der Waals surface area contributed by atoms with Gasteiger partial charge in [0, 0.05) is 13.3 Å². The maximum absolute atomic E-state index is 9.99. The van der Waals surface area contributed by atoms with Gasteiger partial charge in [-0.05, 0) is 6.42 Å². The predicted molar refractivity (Wildman–Crippen MR) is 47.3 cm³/mol. The number of carbonyl (C=O) groups is 3. The fourth-order valence-electron chi connectivity index (χ4n) is 0.402. The second kappa shape index (κ2) is 7.99. The molecule has 0 aromatic heterocycles. The number of primary amides is 1. The van der Waals surface area contributed by atoms with Crippen molar-refractivity contribution in [3.8, 4) is 0 Å². The van der Waals surface area contributed by atoms with Gasteiger partial charge in [0.1, 0.15) is 6.04 Å². The van der Waals surface area contributed by atoms with E-state index in [0.717, 1.165) is 0 Å². The highest BCUT2D eigenvalue weighted by atomic mass is 16.4. The van der Waals surface area contributed by atoms with E-state index in [-0.39, 0.29) is 18.7 Å². The standard InChI is InChI=1S/C5H9NO4.C2H5NO/c6-3(5(9)10)1-2-4(7)8;1-2(3)4/h3H,1-2,6H2,(H,7,8)(H,9,10);1H3,(H2,3,4)/t3-;/m0./s1. The van der Waals surface area contributed by atoms with Gasteiger partial charge in [-0.1, -0.05) is 0 Å². The molecule has 0 saturated heterocycles. The lowest BCUT2D eigenvalue weighted by Crippen LogP contribution is -2.30. The van der Waals surface area contributed by atoms with Crippen LogP contribution in [-0.4, -0.2) is 34.1 Å². The zero-order valence-corrected chi connectivity index (χ0v) is 7.77. The molecule has 0 unspecified atom stereocenters. The second-order valence-electron chi connectivity index (χ2n) is 2.49. The van der Waals surface area contributed by atoms with Gasteiger partial charge in [0.05, 0.1) is 0 Å². The van der Waals surface area contributed by atoms with Crippen LogP contribution in [0.3, 0.4) is 0 Å². The number of aliphatic carboxylic acids is 2. The highest BCUT2D eigenvalue weighted by molar-refractivity contribution is 5.74. The van der Waals surface area contributed by atoms with Gasteiger partial charge in [0.2, 0.25) is 5.91 Å². The van der Waals surface area contributed by atoms with Crippen LogP contribution in [0, 0.1) is 0 Å². The van der Waals surface area contributed by atoms with E-state index in [4.69, 9.17) is 15.9 Å². The molecule has 1 amide bonds. The van der Waals surface area contributed by atoms with Gasteiger partial charge in [0.25, 0.3) is 0 Å². The molecule has 6 N–H and O–H groups in total. The van der Waals surface area contributed by atoms with Crippen LogP contribution >= 0.6 is 0 Å². The molecule has 7 heteroatoms. The number of carbonyl (C=O) groups excluding carboxylic acids is 1. The van der Waals surface area contributed by atoms with Crippen LogP contribution in [-0.2, 0) is 14.4 Å². The SMILES string of the molecule is CC(N)=O.N[C@@H](CCC(=O)O)C(=O)O. The van der Waals surface area contributed by atoms with Gasteiger partial charge in [0.15, 0.2) is 0 Å². The summed E-state index contributed by atoms with van der Waals surface area (Å²) >= 11 is 0. The van der Waals surface area contributed by atoms with E-state index in [9.17, 15) is 14.4 Å². The summed E-state index contributed by atoms with van der Waals surface area (Å²) in [6.45, 7) is 1.31. The molecule has 7 nitrogen and oxygen atoms in total. The van der Waals surface area contributed by atoms with E-state index in [0.29, 0.717) is 0 Å². The van der Waals surface area contributed by atoms with Gasteiger partial charge in [-0.2, -0.15) is 0 Å². The van der Waals surface area contributed by atoms with Gasteiger partial charge in [-0.25, -0.2) is 0 Å². The second-order valence-corrected chi connectivity index (χ2v) is 2.49.